The van der Waals surface area contributed by atoms with Crippen LogP contribution in [0.3, 0.4) is 0 Å². The number of aromatic nitrogens is 1. The first kappa shape index (κ1) is 22.6. The number of rotatable bonds is 6. The van der Waals surface area contributed by atoms with Crippen molar-refractivity contribution in [2.24, 2.45) is 5.10 Å². The third kappa shape index (κ3) is 4.21. The number of carbonyl (C=O) groups excluding carboxylic acids is 1. The molecule has 0 bridgehead atoms. The van der Waals surface area contributed by atoms with Gasteiger partial charge in [-0.05, 0) is 54.6 Å². The first-order valence-electron chi connectivity index (χ1n) is 10.9. The minimum Gasteiger partial charge on any atom is -0.507 e. The topological polar surface area (TPSA) is 134 Å². The Morgan fingerprint density at radius 1 is 0.944 bits per heavy atom. The molecule has 3 N–H and O–H groups in total. The van der Waals surface area contributed by atoms with Crippen molar-refractivity contribution in [1.82, 2.24) is 9.99 Å². The molecule has 178 valence electrons. The molecule has 3 aromatic carbocycles. The molecule has 9 nitrogen and oxygen atoms in total. The van der Waals surface area contributed by atoms with E-state index in [2.05, 4.69) is 10.5 Å². The molecule has 0 aliphatic heterocycles. The van der Waals surface area contributed by atoms with E-state index in [-0.39, 0.29) is 23.3 Å². The van der Waals surface area contributed by atoms with E-state index >= 15 is 0 Å². The summed E-state index contributed by atoms with van der Waals surface area (Å²) in [5.41, 5.74) is 3.89. The van der Waals surface area contributed by atoms with Gasteiger partial charge in [-0.2, -0.15) is 5.10 Å². The number of hydrazone groups is 1. The molecule has 9 heteroatoms. The van der Waals surface area contributed by atoms with Gasteiger partial charge in [0, 0.05) is 16.3 Å². The molecule has 0 unspecified atom stereocenters. The second-order valence-electron chi connectivity index (χ2n) is 7.98. The SMILES string of the molecule is O=C(Cn1c2ccccc2c(=O)c2ccccc21)N/N=C\c1ccc(-c2ccc(O)c(C(=O)O)c2)o1. The van der Waals surface area contributed by atoms with Crippen molar-refractivity contribution in [3.8, 4) is 17.1 Å². The van der Waals surface area contributed by atoms with Crippen LogP contribution in [0.2, 0.25) is 0 Å². The number of carboxylic acids is 1. The Balaban J connectivity index is 1.35. The van der Waals surface area contributed by atoms with Crippen LogP contribution in [0.4, 0.5) is 0 Å². The fraction of sp³-hybridized carbons (Fsp3) is 0.0370. The number of hydrogen-bond donors (Lipinski definition) is 3. The summed E-state index contributed by atoms with van der Waals surface area (Å²) in [4.78, 5) is 36.8. The summed E-state index contributed by atoms with van der Waals surface area (Å²) in [7, 11) is 0. The van der Waals surface area contributed by atoms with Gasteiger partial charge in [0.1, 0.15) is 29.4 Å². The lowest BCUT2D eigenvalue weighted by atomic mass is 10.1. The standard InChI is InChI=1S/C27H19N3O6/c31-23-11-9-16(13-20(23)27(34)35)24-12-10-17(36-24)14-28-29-25(32)15-30-21-7-3-1-5-18(21)26(33)19-6-2-4-8-22(19)30/h1-14,31H,15H2,(H,29,32)(H,34,35)/b28-14-. The van der Waals surface area contributed by atoms with Crippen LogP contribution in [0, 0.1) is 0 Å². The number of fused-ring (bicyclic) bond motifs is 2. The van der Waals surface area contributed by atoms with E-state index in [9.17, 15) is 24.6 Å². The number of benzene rings is 3. The van der Waals surface area contributed by atoms with Crippen molar-refractivity contribution >= 4 is 39.9 Å². The molecule has 5 rings (SSSR count). The first-order chi connectivity index (χ1) is 17.4. The number of phenols is 1. The van der Waals surface area contributed by atoms with Crippen molar-refractivity contribution in [2.45, 2.75) is 6.54 Å². The molecule has 0 saturated carbocycles. The number of furan rings is 1. The Kier molecular flexibility index (Phi) is 5.79. The highest BCUT2D eigenvalue weighted by Gasteiger charge is 2.14. The van der Waals surface area contributed by atoms with E-state index in [0.29, 0.717) is 38.9 Å². The normalized spacial score (nSPS) is 11.3. The van der Waals surface area contributed by atoms with E-state index < -0.39 is 11.9 Å². The lowest BCUT2D eigenvalue weighted by Crippen LogP contribution is -2.25. The van der Waals surface area contributed by atoms with Crippen molar-refractivity contribution in [3.05, 3.63) is 100 Å². The van der Waals surface area contributed by atoms with Gasteiger partial charge in [0.15, 0.2) is 5.43 Å². The van der Waals surface area contributed by atoms with Gasteiger partial charge in [0.2, 0.25) is 0 Å². The highest BCUT2D eigenvalue weighted by molar-refractivity contribution is 5.95. The number of aromatic hydroxyl groups is 1. The number of pyridine rings is 1. The average molecular weight is 481 g/mol. The Labute approximate surface area is 203 Å². The minimum atomic E-state index is -1.26. The zero-order valence-electron chi connectivity index (χ0n) is 18.7. The fourth-order valence-electron chi connectivity index (χ4n) is 4.03. The number of hydrogen-bond acceptors (Lipinski definition) is 6. The van der Waals surface area contributed by atoms with Crippen LogP contribution < -0.4 is 10.9 Å². The average Bonchev–Trinajstić information content (AvgIpc) is 3.35. The van der Waals surface area contributed by atoms with Crippen LogP contribution in [0.15, 0.2) is 93.2 Å². The first-order valence-corrected chi connectivity index (χ1v) is 10.9. The van der Waals surface area contributed by atoms with Crippen molar-refractivity contribution in [3.63, 3.8) is 0 Å². The number of para-hydroxylation sites is 2. The number of nitrogens with zero attached hydrogens (tertiary/aromatic N) is 2. The third-order valence-electron chi connectivity index (χ3n) is 5.70. The summed E-state index contributed by atoms with van der Waals surface area (Å²) >= 11 is 0. The summed E-state index contributed by atoms with van der Waals surface area (Å²) in [5.74, 6) is -1.30. The molecule has 0 atom stereocenters. The molecule has 0 aliphatic carbocycles. The molecule has 0 fully saturated rings. The van der Waals surface area contributed by atoms with Crippen LogP contribution in [-0.2, 0) is 11.3 Å². The molecule has 36 heavy (non-hydrogen) atoms. The summed E-state index contributed by atoms with van der Waals surface area (Å²) in [6.07, 6.45) is 1.32. The number of nitrogens with one attached hydrogen (secondary N) is 1. The molecule has 0 spiro atoms. The van der Waals surface area contributed by atoms with E-state index in [4.69, 9.17) is 4.42 Å². The second-order valence-corrected chi connectivity index (χ2v) is 7.98. The summed E-state index contributed by atoms with van der Waals surface area (Å²) in [6.45, 7) is -0.0620. The van der Waals surface area contributed by atoms with E-state index in [0.717, 1.165) is 0 Å². The largest absolute Gasteiger partial charge is 0.507 e. The van der Waals surface area contributed by atoms with Gasteiger partial charge in [0.05, 0.1) is 17.2 Å². The van der Waals surface area contributed by atoms with E-state index in [1.807, 2.05) is 12.1 Å². The zero-order valence-corrected chi connectivity index (χ0v) is 18.7. The molecule has 0 radical (unpaired) electrons. The summed E-state index contributed by atoms with van der Waals surface area (Å²) in [5, 5.41) is 23.9. The Morgan fingerprint density at radius 3 is 2.28 bits per heavy atom. The fourth-order valence-corrected chi connectivity index (χ4v) is 4.03. The smallest absolute Gasteiger partial charge is 0.339 e. The van der Waals surface area contributed by atoms with Gasteiger partial charge in [-0.15, -0.1) is 0 Å². The van der Waals surface area contributed by atoms with Gasteiger partial charge >= 0.3 is 5.97 Å². The van der Waals surface area contributed by atoms with Crippen LogP contribution in [0.5, 0.6) is 5.75 Å². The molecule has 0 aliphatic rings. The van der Waals surface area contributed by atoms with Gasteiger partial charge in [-0.3, -0.25) is 9.59 Å². The number of amides is 1. The second kappa shape index (κ2) is 9.22. The third-order valence-corrected chi connectivity index (χ3v) is 5.70. The quantitative estimate of drug-likeness (QED) is 0.191. The Hall–Kier alpha value is -5.18. The van der Waals surface area contributed by atoms with Crippen LogP contribution in [0.1, 0.15) is 16.1 Å². The van der Waals surface area contributed by atoms with Crippen molar-refractivity contribution in [2.75, 3.05) is 0 Å². The maximum absolute atomic E-state index is 12.8. The zero-order chi connectivity index (χ0) is 25.2. The van der Waals surface area contributed by atoms with Crippen LogP contribution >= 0.6 is 0 Å². The predicted molar refractivity (Wildman–Crippen MR) is 134 cm³/mol. The van der Waals surface area contributed by atoms with E-state index in [1.165, 1.54) is 24.4 Å². The molecule has 1 amide bonds. The van der Waals surface area contributed by atoms with Gasteiger partial charge in [-0.25, -0.2) is 10.2 Å². The maximum atomic E-state index is 12.8. The summed E-state index contributed by atoms with van der Waals surface area (Å²) in [6, 6.07) is 21.6. The number of aromatic carboxylic acids is 1. The lowest BCUT2D eigenvalue weighted by molar-refractivity contribution is -0.121. The highest BCUT2D eigenvalue weighted by Crippen LogP contribution is 2.27. The molecule has 2 aromatic heterocycles. The molecular formula is C27H19N3O6. The maximum Gasteiger partial charge on any atom is 0.339 e. The number of carbonyl (C=O) groups is 2. The molecule has 0 saturated heterocycles. The van der Waals surface area contributed by atoms with Crippen LogP contribution in [-0.4, -0.2) is 32.9 Å². The van der Waals surface area contributed by atoms with Gasteiger partial charge in [0.25, 0.3) is 5.91 Å². The van der Waals surface area contributed by atoms with Crippen LogP contribution in [0.25, 0.3) is 33.1 Å². The van der Waals surface area contributed by atoms with Gasteiger partial charge in [-0.1, -0.05) is 24.3 Å². The molecule has 5 aromatic rings. The minimum absolute atomic E-state index is 0.0620. The van der Waals surface area contributed by atoms with E-state index in [1.54, 1.807) is 53.1 Å². The predicted octanol–water partition coefficient (Wildman–Crippen LogP) is 3.97. The summed E-state index contributed by atoms with van der Waals surface area (Å²) < 4.78 is 7.43. The van der Waals surface area contributed by atoms with Gasteiger partial charge < -0.3 is 19.2 Å². The van der Waals surface area contributed by atoms with Crippen molar-refractivity contribution < 1.29 is 24.2 Å². The number of carboxylic acid groups (broad SMARTS) is 1. The monoisotopic (exact) mass is 481 g/mol. The van der Waals surface area contributed by atoms with Crippen molar-refractivity contribution in [1.29, 1.82) is 0 Å². The molecular weight excluding hydrogens is 462 g/mol. The highest BCUT2D eigenvalue weighted by atomic mass is 16.4. The Morgan fingerprint density at radius 2 is 1.61 bits per heavy atom. The Bertz CT molecular complexity index is 1670. The lowest BCUT2D eigenvalue weighted by Gasteiger charge is -2.14. The molecule has 2 heterocycles.